The normalized spacial score (nSPS) is 13.0. The molecule has 2 rings (SSSR count). The SMILES string of the molecule is CC(C)C(N)C(O)c1ccc(O)c(C(=O)NCc2ccccc2)c1.Cl. The van der Waals surface area contributed by atoms with Crippen LogP contribution in [-0.2, 0) is 6.54 Å². The summed E-state index contributed by atoms with van der Waals surface area (Å²) in [6.07, 6.45) is -0.897. The molecule has 0 saturated heterocycles. The van der Waals surface area contributed by atoms with Crippen molar-refractivity contribution in [3.63, 3.8) is 0 Å². The van der Waals surface area contributed by atoms with E-state index in [0.29, 0.717) is 12.1 Å². The number of nitrogens with two attached hydrogens (primary N) is 1. The second-order valence-electron chi connectivity index (χ2n) is 6.21. The largest absolute Gasteiger partial charge is 0.507 e. The molecule has 136 valence electrons. The Morgan fingerprint density at radius 2 is 1.80 bits per heavy atom. The molecule has 0 aliphatic carbocycles. The molecule has 0 spiro atoms. The van der Waals surface area contributed by atoms with Crippen molar-refractivity contribution in [1.82, 2.24) is 5.32 Å². The molecule has 0 fully saturated rings. The van der Waals surface area contributed by atoms with Crippen molar-refractivity contribution >= 4 is 18.3 Å². The first kappa shape index (κ1) is 21.0. The quantitative estimate of drug-likeness (QED) is 0.633. The lowest BCUT2D eigenvalue weighted by Crippen LogP contribution is -2.33. The lowest BCUT2D eigenvalue weighted by atomic mass is 9.93. The van der Waals surface area contributed by atoms with Crippen LogP contribution in [0.15, 0.2) is 48.5 Å². The van der Waals surface area contributed by atoms with Crippen molar-refractivity contribution in [3.8, 4) is 5.75 Å². The van der Waals surface area contributed by atoms with Gasteiger partial charge in [0.2, 0.25) is 0 Å². The molecule has 0 heterocycles. The van der Waals surface area contributed by atoms with Gasteiger partial charge in [-0.15, -0.1) is 12.4 Å². The fraction of sp³-hybridized carbons (Fsp3) is 0.316. The van der Waals surface area contributed by atoms with Crippen LogP contribution in [0.3, 0.4) is 0 Å². The van der Waals surface area contributed by atoms with Crippen LogP contribution in [0.5, 0.6) is 5.75 Å². The van der Waals surface area contributed by atoms with E-state index in [4.69, 9.17) is 5.73 Å². The standard InChI is InChI=1S/C19H24N2O3.ClH/c1-12(2)17(20)18(23)14-8-9-16(22)15(10-14)19(24)21-11-13-6-4-3-5-7-13;/h3-10,12,17-18,22-23H,11,20H2,1-2H3,(H,21,24);1H. The summed E-state index contributed by atoms with van der Waals surface area (Å²) in [4.78, 5) is 12.3. The van der Waals surface area contributed by atoms with Crippen molar-refractivity contribution in [3.05, 3.63) is 65.2 Å². The average molecular weight is 365 g/mol. The van der Waals surface area contributed by atoms with Gasteiger partial charge in [-0.3, -0.25) is 4.79 Å². The number of aliphatic hydroxyl groups is 1. The number of carbonyl (C=O) groups excluding carboxylic acids is 1. The highest BCUT2D eigenvalue weighted by Crippen LogP contribution is 2.25. The van der Waals surface area contributed by atoms with Crippen LogP contribution in [0.4, 0.5) is 0 Å². The molecule has 5 nitrogen and oxygen atoms in total. The van der Waals surface area contributed by atoms with E-state index in [1.54, 1.807) is 6.07 Å². The van der Waals surface area contributed by atoms with Crippen LogP contribution in [0.1, 0.15) is 41.4 Å². The topological polar surface area (TPSA) is 95.6 Å². The minimum atomic E-state index is -0.897. The van der Waals surface area contributed by atoms with Crippen molar-refractivity contribution in [2.45, 2.75) is 32.5 Å². The smallest absolute Gasteiger partial charge is 0.255 e. The molecule has 25 heavy (non-hydrogen) atoms. The van der Waals surface area contributed by atoms with Gasteiger partial charge in [0.05, 0.1) is 11.7 Å². The Labute approximate surface area is 154 Å². The first-order chi connectivity index (χ1) is 11.4. The van der Waals surface area contributed by atoms with Gasteiger partial charge < -0.3 is 21.3 Å². The fourth-order valence-electron chi connectivity index (χ4n) is 2.38. The number of nitrogens with one attached hydrogen (secondary N) is 1. The Morgan fingerprint density at radius 3 is 2.40 bits per heavy atom. The molecule has 2 atom stereocenters. The first-order valence-corrected chi connectivity index (χ1v) is 7.99. The Morgan fingerprint density at radius 1 is 1.16 bits per heavy atom. The first-order valence-electron chi connectivity index (χ1n) is 7.99. The van der Waals surface area contributed by atoms with Crippen LogP contribution in [0, 0.1) is 5.92 Å². The summed E-state index contributed by atoms with van der Waals surface area (Å²) in [6.45, 7) is 4.20. The van der Waals surface area contributed by atoms with Gasteiger partial charge >= 0.3 is 0 Å². The second kappa shape index (κ2) is 9.42. The molecular weight excluding hydrogens is 340 g/mol. The molecule has 0 aliphatic rings. The molecule has 0 bridgehead atoms. The molecule has 1 amide bonds. The number of phenolic OH excluding ortho intramolecular Hbond substituents is 1. The lowest BCUT2D eigenvalue weighted by molar-refractivity contribution is 0.0947. The summed E-state index contributed by atoms with van der Waals surface area (Å²) in [6, 6.07) is 13.5. The third kappa shape index (κ3) is 5.46. The van der Waals surface area contributed by atoms with Gasteiger partial charge in [-0.2, -0.15) is 0 Å². The third-order valence-electron chi connectivity index (χ3n) is 4.04. The number of halogens is 1. The number of aliphatic hydroxyl groups excluding tert-OH is 1. The maximum Gasteiger partial charge on any atom is 0.255 e. The third-order valence-corrected chi connectivity index (χ3v) is 4.04. The second-order valence-corrected chi connectivity index (χ2v) is 6.21. The van der Waals surface area contributed by atoms with E-state index in [1.807, 2.05) is 44.2 Å². The summed E-state index contributed by atoms with van der Waals surface area (Å²) < 4.78 is 0. The summed E-state index contributed by atoms with van der Waals surface area (Å²) in [7, 11) is 0. The highest BCUT2D eigenvalue weighted by Gasteiger charge is 2.22. The summed E-state index contributed by atoms with van der Waals surface area (Å²) in [5.74, 6) is -0.442. The highest BCUT2D eigenvalue weighted by atomic mass is 35.5. The van der Waals surface area contributed by atoms with Crippen molar-refractivity contribution in [1.29, 1.82) is 0 Å². The van der Waals surface area contributed by atoms with Gasteiger partial charge in [0.1, 0.15) is 5.75 Å². The molecule has 2 aromatic rings. The monoisotopic (exact) mass is 364 g/mol. The molecule has 0 saturated carbocycles. The number of hydrogen-bond acceptors (Lipinski definition) is 4. The number of amides is 1. The molecule has 0 aliphatic heterocycles. The van der Waals surface area contributed by atoms with Crippen LogP contribution < -0.4 is 11.1 Å². The maximum absolute atomic E-state index is 12.3. The average Bonchev–Trinajstić information content (AvgIpc) is 2.59. The summed E-state index contributed by atoms with van der Waals surface area (Å²) >= 11 is 0. The van der Waals surface area contributed by atoms with E-state index in [2.05, 4.69) is 5.32 Å². The number of aromatic hydroxyl groups is 1. The number of phenols is 1. The molecule has 0 radical (unpaired) electrons. The van der Waals surface area contributed by atoms with Gasteiger partial charge in [0, 0.05) is 12.6 Å². The molecule has 2 unspecified atom stereocenters. The minimum Gasteiger partial charge on any atom is -0.507 e. The highest BCUT2D eigenvalue weighted by molar-refractivity contribution is 5.97. The van der Waals surface area contributed by atoms with Crippen molar-refractivity contribution in [2.24, 2.45) is 11.7 Å². The fourth-order valence-corrected chi connectivity index (χ4v) is 2.38. The Balaban J connectivity index is 0.00000312. The van der Waals surface area contributed by atoms with E-state index in [0.717, 1.165) is 5.56 Å². The molecule has 0 aromatic heterocycles. The zero-order chi connectivity index (χ0) is 17.7. The van der Waals surface area contributed by atoms with Crippen LogP contribution in [-0.4, -0.2) is 22.2 Å². The number of carbonyl (C=O) groups is 1. The summed E-state index contributed by atoms with van der Waals surface area (Å²) in [5, 5.41) is 23.0. The van der Waals surface area contributed by atoms with E-state index in [1.165, 1.54) is 12.1 Å². The summed E-state index contributed by atoms with van der Waals surface area (Å²) in [5.41, 5.74) is 7.58. The Hall–Kier alpha value is -2.08. The molecular formula is C19H25ClN2O3. The van der Waals surface area contributed by atoms with Crippen LogP contribution in [0.25, 0.3) is 0 Å². The number of hydrogen-bond donors (Lipinski definition) is 4. The minimum absolute atomic E-state index is 0. The van der Waals surface area contributed by atoms with Gasteiger partial charge in [0.25, 0.3) is 5.91 Å². The van der Waals surface area contributed by atoms with E-state index in [-0.39, 0.29) is 29.6 Å². The van der Waals surface area contributed by atoms with Gasteiger partial charge in [-0.05, 0) is 29.2 Å². The zero-order valence-corrected chi connectivity index (χ0v) is 15.2. The Kier molecular flexibility index (Phi) is 7.90. The van der Waals surface area contributed by atoms with E-state index < -0.39 is 18.1 Å². The number of rotatable bonds is 6. The van der Waals surface area contributed by atoms with E-state index in [9.17, 15) is 15.0 Å². The molecule has 6 heteroatoms. The zero-order valence-electron chi connectivity index (χ0n) is 14.3. The predicted octanol–water partition coefficient (Wildman–Crippen LogP) is 2.76. The van der Waals surface area contributed by atoms with Crippen molar-refractivity contribution in [2.75, 3.05) is 0 Å². The van der Waals surface area contributed by atoms with Crippen LogP contribution in [0.2, 0.25) is 0 Å². The van der Waals surface area contributed by atoms with Gasteiger partial charge in [-0.25, -0.2) is 0 Å². The van der Waals surface area contributed by atoms with Crippen molar-refractivity contribution < 1.29 is 15.0 Å². The maximum atomic E-state index is 12.3. The number of benzene rings is 2. The Bertz CT molecular complexity index is 692. The predicted molar refractivity (Wildman–Crippen MR) is 101 cm³/mol. The molecule has 2 aromatic carbocycles. The van der Waals surface area contributed by atoms with Crippen LogP contribution >= 0.6 is 12.4 Å². The molecule has 5 N–H and O–H groups in total. The lowest BCUT2D eigenvalue weighted by Gasteiger charge is -2.23. The van der Waals surface area contributed by atoms with E-state index >= 15 is 0 Å². The van der Waals surface area contributed by atoms with Gasteiger partial charge in [0.15, 0.2) is 0 Å². The van der Waals surface area contributed by atoms with Gasteiger partial charge in [-0.1, -0.05) is 50.2 Å².